The van der Waals surface area contributed by atoms with Gasteiger partial charge in [-0.05, 0) is 51.0 Å². The molecule has 1 heterocycles. The van der Waals surface area contributed by atoms with Crippen molar-refractivity contribution in [2.24, 2.45) is 0 Å². The van der Waals surface area contributed by atoms with Crippen LogP contribution in [0.15, 0.2) is 24.3 Å². The summed E-state index contributed by atoms with van der Waals surface area (Å²) in [6, 6.07) is 6.50. The number of nitrogens with zero attached hydrogens (tertiary/aromatic N) is 1. The molecule has 20 heavy (non-hydrogen) atoms. The number of hydrogen-bond donors (Lipinski definition) is 1. The Morgan fingerprint density at radius 2 is 1.90 bits per heavy atom. The number of ketones is 1. The smallest absolute Gasteiger partial charge is 0.295 e. The number of hydrogen-bond acceptors (Lipinski definition) is 3. The van der Waals surface area contributed by atoms with Gasteiger partial charge in [0.05, 0.1) is 0 Å². The molecule has 1 saturated heterocycles. The fourth-order valence-corrected chi connectivity index (χ4v) is 3.91. The molecule has 1 aliphatic rings. The molecule has 0 aliphatic carbocycles. The fourth-order valence-electron chi connectivity index (χ4n) is 2.41. The predicted molar refractivity (Wildman–Crippen MR) is 79.0 cm³/mol. The van der Waals surface area contributed by atoms with Crippen molar-refractivity contribution in [3.05, 3.63) is 29.8 Å². The summed E-state index contributed by atoms with van der Waals surface area (Å²) in [6.07, 6.45) is 2.86. The standard InChI is InChI=1S/C14H20N2O3S/c1-11-5-3-4-10-16(11)20(18,19)15-14-8-6-13(7-9-14)12(2)17/h6-9,11,15H,3-5,10H2,1-2H3. The molecule has 2 rings (SSSR count). The van der Waals surface area contributed by atoms with E-state index in [4.69, 9.17) is 0 Å². The number of nitrogens with one attached hydrogen (secondary N) is 1. The highest BCUT2D eigenvalue weighted by Gasteiger charge is 2.29. The van der Waals surface area contributed by atoms with Crippen LogP contribution in [0.3, 0.4) is 0 Å². The first-order valence-corrected chi connectivity index (χ1v) is 8.25. The van der Waals surface area contributed by atoms with Gasteiger partial charge in [-0.25, -0.2) is 0 Å². The Kier molecular flexibility index (Phi) is 4.45. The zero-order valence-electron chi connectivity index (χ0n) is 11.8. The number of carbonyl (C=O) groups is 1. The second kappa shape index (κ2) is 5.93. The number of piperidine rings is 1. The molecule has 0 radical (unpaired) electrons. The van der Waals surface area contributed by atoms with E-state index in [0.29, 0.717) is 17.8 Å². The zero-order valence-corrected chi connectivity index (χ0v) is 12.6. The van der Waals surface area contributed by atoms with Crippen LogP contribution in [0, 0.1) is 0 Å². The molecule has 6 heteroatoms. The lowest BCUT2D eigenvalue weighted by Gasteiger charge is -2.32. The van der Waals surface area contributed by atoms with Crippen molar-refractivity contribution in [1.82, 2.24) is 4.31 Å². The number of anilines is 1. The third-order valence-electron chi connectivity index (χ3n) is 3.59. The topological polar surface area (TPSA) is 66.5 Å². The van der Waals surface area contributed by atoms with E-state index in [2.05, 4.69) is 4.72 Å². The van der Waals surface area contributed by atoms with Crippen LogP contribution in [0.5, 0.6) is 0 Å². The molecule has 0 bridgehead atoms. The van der Waals surface area contributed by atoms with Gasteiger partial charge >= 0.3 is 10.2 Å². The van der Waals surface area contributed by atoms with E-state index in [0.717, 1.165) is 19.3 Å². The highest BCUT2D eigenvalue weighted by atomic mass is 32.2. The Balaban J connectivity index is 2.13. The molecule has 1 fully saturated rings. The monoisotopic (exact) mass is 296 g/mol. The molecule has 0 spiro atoms. The largest absolute Gasteiger partial charge is 0.301 e. The minimum atomic E-state index is -3.52. The maximum atomic E-state index is 12.3. The van der Waals surface area contributed by atoms with E-state index >= 15 is 0 Å². The first kappa shape index (κ1) is 15.0. The maximum Gasteiger partial charge on any atom is 0.301 e. The third-order valence-corrected chi connectivity index (χ3v) is 5.24. The molecule has 1 unspecified atom stereocenters. The summed E-state index contributed by atoms with van der Waals surface area (Å²) < 4.78 is 28.7. The molecule has 1 N–H and O–H groups in total. The number of Topliss-reactive ketones (excluding diaryl/α,β-unsaturated/α-hetero) is 1. The maximum absolute atomic E-state index is 12.3. The summed E-state index contributed by atoms with van der Waals surface area (Å²) in [6.45, 7) is 3.97. The van der Waals surface area contributed by atoms with E-state index in [1.54, 1.807) is 24.3 Å². The summed E-state index contributed by atoms with van der Waals surface area (Å²) in [5.74, 6) is -0.0379. The van der Waals surface area contributed by atoms with Crippen LogP contribution < -0.4 is 4.72 Å². The normalized spacial score (nSPS) is 20.6. The Bertz CT molecular complexity index is 581. The molecular formula is C14H20N2O3S. The van der Waals surface area contributed by atoms with E-state index in [1.807, 2.05) is 6.92 Å². The summed E-state index contributed by atoms with van der Waals surface area (Å²) >= 11 is 0. The number of benzene rings is 1. The summed E-state index contributed by atoms with van der Waals surface area (Å²) in [5, 5.41) is 0. The zero-order chi connectivity index (χ0) is 14.8. The van der Waals surface area contributed by atoms with Crippen molar-refractivity contribution in [3.63, 3.8) is 0 Å². The lowest BCUT2D eigenvalue weighted by Crippen LogP contribution is -2.44. The van der Waals surface area contributed by atoms with E-state index in [1.165, 1.54) is 11.2 Å². The van der Waals surface area contributed by atoms with Crippen molar-refractivity contribution in [2.75, 3.05) is 11.3 Å². The van der Waals surface area contributed by atoms with E-state index in [-0.39, 0.29) is 11.8 Å². The average Bonchev–Trinajstić information content (AvgIpc) is 2.39. The molecule has 0 saturated carbocycles. The summed E-state index contributed by atoms with van der Waals surface area (Å²) in [4.78, 5) is 11.2. The third kappa shape index (κ3) is 3.37. The fraction of sp³-hybridized carbons (Fsp3) is 0.500. The highest BCUT2D eigenvalue weighted by molar-refractivity contribution is 7.90. The number of carbonyl (C=O) groups excluding carboxylic acids is 1. The summed E-state index contributed by atoms with van der Waals surface area (Å²) in [7, 11) is -3.52. The van der Waals surface area contributed by atoms with Gasteiger partial charge in [0.25, 0.3) is 0 Å². The molecular weight excluding hydrogens is 276 g/mol. The molecule has 1 aromatic rings. The second-order valence-electron chi connectivity index (χ2n) is 5.20. The Labute approximate surface area is 120 Å². The molecule has 110 valence electrons. The van der Waals surface area contributed by atoms with E-state index < -0.39 is 10.2 Å². The van der Waals surface area contributed by atoms with Crippen LogP contribution in [0.25, 0.3) is 0 Å². The first-order chi connectivity index (χ1) is 9.40. The van der Waals surface area contributed by atoms with Gasteiger partial charge in [0.2, 0.25) is 0 Å². The molecule has 0 amide bonds. The lowest BCUT2D eigenvalue weighted by molar-refractivity contribution is 0.101. The van der Waals surface area contributed by atoms with Gasteiger partial charge < -0.3 is 0 Å². The predicted octanol–water partition coefficient (Wildman–Crippen LogP) is 2.42. The van der Waals surface area contributed by atoms with Gasteiger partial charge in [0.15, 0.2) is 5.78 Å². The quantitative estimate of drug-likeness (QED) is 0.868. The molecule has 1 aliphatic heterocycles. The second-order valence-corrected chi connectivity index (χ2v) is 6.82. The van der Waals surface area contributed by atoms with Crippen LogP contribution in [0.2, 0.25) is 0 Å². The minimum absolute atomic E-state index is 0.0257. The van der Waals surface area contributed by atoms with Gasteiger partial charge in [-0.2, -0.15) is 12.7 Å². The Morgan fingerprint density at radius 3 is 2.45 bits per heavy atom. The minimum Gasteiger partial charge on any atom is -0.295 e. The van der Waals surface area contributed by atoms with Crippen LogP contribution >= 0.6 is 0 Å². The average molecular weight is 296 g/mol. The highest BCUT2D eigenvalue weighted by Crippen LogP contribution is 2.21. The Morgan fingerprint density at radius 1 is 1.25 bits per heavy atom. The van der Waals surface area contributed by atoms with Crippen molar-refractivity contribution >= 4 is 21.7 Å². The van der Waals surface area contributed by atoms with Crippen molar-refractivity contribution in [3.8, 4) is 0 Å². The van der Waals surface area contributed by atoms with Gasteiger partial charge in [-0.15, -0.1) is 0 Å². The molecule has 1 atom stereocenters. The number of rotatable bonds is 4. The van der Waals surface area contributed by atoms with Crippen LogP contribution in [-0.4, -0.2) is 31.1 Å². The molecule has 0 aromatic heterocycles. The van der Waals surface area contributed by atoms with Crippen LogP contribution in [-0.2, 0) is 10.2 Å². The summed E-state index contributed by atoms with van der Waals surface area (Å²) in [5.41, 5.74) is 1.05. The van der Waals surface area contributed by atoms with E-state index in [9.17, 15) is 13.2 Å². The van der Waals surface area contributed by atoms with Crippen molar-refractivity contribution < 1.29 is 13.2 Å². The van der Waals surface area contributed by atoms with Gasteiger partial charge in [-0.3, -0.25) is 9.52 Å². The van der Waals surface area contributed by atoms with Gasteiger partial charge in [0, 0.05) is 23.8 Å². The van der Waals surface area contributed by atoms with Gasteiger partial charge in [-0.1, -0.05) is 6.42 Å². The van der Waals surface area contributed by atoms with Gasteiger partial charge in [0.1, 0.15) is 0 Å². The van der Waals surface area contributed by atoms with Crippen LogP contribution in [0.1, 0.15) is 43.5 Å². The first-order valence-electron chi connectivity index (χ1n) is 6.81. The van der Waals surface area contributed by atoms with Crippen LogP contribution in [0.4, 0.5) is 5.69 Å². The van der Waals surface area contributed by atoms with Crippen molar-refractivity contribution in [2.45, 2.75) is 39.2 Å². The molecule has 1 aromatic carbocycles. The Hall–Kier alpha value is -1.40. The molecule has 5 nitrogen and oxygen atoms in total. The SMILES string of the molecule is CC(=O)c1ccc(NS(=O)(=O)N2CCCCC2C)cc1. The van der Waals surface area contributed by atoms with Crippen molar-refractivity contribution in [1.29, 1.82) is 0 Å². The lowest BCUT2D eigenvalue weighted by atomic mass is 10.1.